The second-order valence-electron chi connectivity index (χ2n) is 9.93. The molecule has 3 rings (SSSR count). The average molecular weight is 584 g/mol. The minimum Gasteiger partial charge on any atom is -0.481 e. The van der Waals surface area contributed by atoms with E-state index in [2.05, 4.69) is 13.2 Å². The van der Waals surface area contributed by atoms with E-state index in [9.17, 15) is 24.6 Å². The number of nitro benzene ring substituents is 1. The van der Waals surface area contributed by atoms with Gasteiger partial charge in [0.15, 0.2) is 0 Å². The van der Waals surface area contributed by atoms with Crippen molar-refractivity contribution >= 4 is 19.3 Å². The molecule has 220 valence electrons. The maximum absolute atomic E-state index is 14.7. The monoisotopic (exact) mass is 583 g/mol. The molecular formula is C30H38N3O7P. The van der Waals surface area contributed by atoms with Crippen LogP contribution in [0.15, 0.2) is 90.9 Å². The molecule has 0 aliphatic carbocycles. The van der Waals surface area contributed by atoms with Gasteiger partial charge in [0.05, 0.1) is 23.5 Å². The molecule has 0 radical (unpaired) electrons. The van der Waals surface area contributed by atoms with E-state index in [-0.39, 0.29) is 29.8 Å². The summed E-state index contributed by atoms with van der Waals surface area (Å²) in [6.45, 7) is 13.1. The largest absolute Gasteiger partial charge is 0.481 e. The fourth-order valence-electron chi connectivity index (χ4n) is 5.83. The Kier molecular flexibility index (Phi) is 10.4. The third kappa shape index (κ3) is 6.21. The fourth-order valence-corrected chi connectivity index (χ4v) is 7.93. The van der Waals surface area contributed by atoms with Crippen LogP contribution >= 0.6 is 7.60 Å². The molecule has 0 amide bonds. The molecule has 0 saturated heterocycles. The molecule has 0 spiro atoms. The van der Waals surface area contributed by atoms with Crippen LogP contribution < -0.4 is 0 Å². The van der Waals surface area contributed by atoms with E-state index in [4.69, 9.17) is 9.05 Å². The molecule has 0 aromatic heterocycles. The first kappa shape index (κ1) is 32.0. The van der Waals surface area contributed by atoms with E-state index in [0.29, 0.717) is 18.8 Å². The molecule has 2 aromatic carbocycles. The van der Waals surface area contributed by atoms with E-state index in [1.54, 1.807) is 19.9 Å². The van der Waals surface area contributed by atoms with Crippen molar-refractivity contribution in [3.8, 4) is 0 Å². The van der Waals surface area contributed by atoms with Crippen molar-refractivity contribution in [2.75, 3.05) is 26.8 Å². The highest BCUT2D eigenvalue weighted by Crippen LogP contribution is 2.67. The first-order chi connectivity index (χ1) is 19.5. The van der Waals surface area contributed by atoms with E-state index in [1.807, 2.05) is 54.1 Å². The summed E-state index contributed by atoms with van der Waals surface area (Å²) in [5.74, 6) is -3.78. The van der Waals surface area contributed by atoms with Crippen LogP contribution in [0.2, 0.25) is 0 Å². The van der Waals surface area contributed by atoms with Crippen molar-refractivity contribution in [3.05, 3.63) is 112 Å². The van der Waals surface area contributed by atoms with Crippen molar-refractivity contribution < 1.29 is 28.4 Å². The number of benzene rings is 2. The second-order valence-corrected chi connectivity index (χ2v) is 11.9. The Morgan fingerprint density at radius 2 is 1.71 bits per heavy atom. The van der Waals surface area contributed by atoms with Gasteiger partial charge < -0.3 is 19.1 Å². The first-order valence-corrected chi connectivity index (χ1v) is 14.8. The topological polar surface area (TPSA) is 122 Å². The van der Waals surface area contributed by atoms with Gasteiger partial charge in [-0.1, -0.05) is 60.7 Å². The molecule has 2 aromatic rings. The van der Waals surface area contributed by atoms with E-state index < -0.39 is 36.0 Å². The lowest BCUT2D eigenvalue weighted by Crippen LogP contribution is -2.66. The van der Waals surface area contributed by atoms with E-state index in [1.165, 1.54) is 30.4 Å². The summed E-state index contributed by atoms with van der Waals surface area (Å²) >= 11 is 0. The summed E-state index contributed by atoms with van der Waals surface area (Å²) in [6, 6.07) is 15.5. The molecule has 0 fully saturated rings. The second kappa shape index (κ2) is 13.4. The van der Waals surface area contributed by atoms with Crippen LogP contribution in [-0.4, -0.2) is 58.3 Å². The standard InChI is InChI=1S/C30H38N3O7P/c1-7-19-39-41(38,40-20-8-2)28-22(4)32(9-3)30(5,31(6)21-23-15-11-10-12-16-23)27(29(34)35)26(28)24-17-13-14-18-25(24)33(36)37/h7-8,10-18,26-27H,1-2,9,19-21H2,3-6H3,(H,34,35). The van der Waals surface area contributed by atoms with Crippen molar-refractivity contribution in [2.24, 2.45) is 5.92 Å². The summed E-state index contributed by atoms with van der Waals surface area (Å²) in [5.41, 5.74) is 0.0255. The zero-order chi connectivity index (χ0) is 30.4. The van der Waals surface area contributed by atoms with Crippen LogP contribution in [0.3, 0.4) is 0 Å². The van der Waals surface area contributed by atoms with Crippen molar-refractivity contribution in [1.82, 2.24) is 9.80 Å². The molecule has 41 heavy (non-hydrogen) atoms. The Hall–Kier alpha value is -3.56. The zero-order valence-electron chi connectivity index (χ0n) is 23.9. The maximum atomic E-state index is 14.7. The van der Waals surface area contributed by atoms with Gasteiger partial charge in [-0.05, 0) is 33.4 Å². The molecule has 1 aliphatic heterocycles. The molecular weight excluding hydrogens is 545 g/mol. The van der Waals surface area contributed by atoms with Crippen molar-refractivity contribution in [3.63, 3.8) is 0 Å². The Labute approximate surface area is 241 Å². The van der Waals surface area contributed by atoms with Gasteiger partial charge in [-0.2, -0.15) is 0 Å². The number of carboxylic acid groups (broad SMARTS) is 1. The van der Waals surface area contributed by atoms with Crippen molar-refractivity contribution in [2.45, 2.75) is 38.9 Å². The lowest BCUT2D eigenvalue weighted by Gasteiger charge is -2.57. The number of nitro groups is 1. The van der Waals surface area contributed by atoms with Crippen LogP contribution in [0.25, 0.3) is 0 Å². The highest BCUT2D eigenvalue weighted by Gasteiger charge is 2.60. The number of carbonyl (C=O) groups is 1. The van der Waals surface area contributed by atoms with Crippen LogP contribution in [-0.2, 0) is 25.0 Å². The number of hydrogen-bond donors (Lipinski definition) is 1. The first-order valence-electron chi connectivity index (χ1n) is 13.3. The molecule has 3 unspecified atom stereocenters. The van der Waals surface area contributed by atoms with Gasteiger partial charge in [-0.3, -0.25) is 24.4 Å². The summed E-state index contributed by atoms with van der Waals surface area (Å²) in [5, 5.41) is 23.2. The van der Waals surface area contributed by atoms with Gasteiger partial charge in [0.25, 0.3) is 5.69 Å². The third-order valence-electron chi connectivity index (χ3n) is 7.65. The normalized spacial score (nSPS) is 21.1. The zero-order valence-corrected chi connectivity index (χ0v) is 24.8. The lowest BCUT2D eigenvalue weighted by molar-refractivity contribution is -0.385. The third-order valence-corrected chi connectivity index (χ3v) is 9.81. The Morgan fingerprint density at radius 1 is 1.15 bits per heavy atom. The minimum atomic E-state index is -4.25. The number of hydrogen-bond acceptors (Lipinski definition) is 8. The Morgan fingerprint density at radius 3 is 2.22 bits per heavy atom. The molecule has 1 N–H and O–H groups in total. The molecule has 10 nitrogen and oxygen atoms in total. The molecule has 3 atom stereocenters. The summed E-state index contributed by atoms with van der Waals surface area (Å²) in [7, 11) is -2.42. The number of aliphatic carboxylic acids is 1. The highest BCUT2D eigenvalue weighted by molar-refractivity contribution is 7.58. The number of rotatable bonds is 14. The number of allylic oxidation sites excluding steroid dienone is 2. The molecule has 11 heteroatoms. The molecule has 1 aliphatic rings. The summed E-state index contributed by atoms with van der Waals surface area (Å²) in [6.07, 6.45) is 2.82. The Balaban J connectivity index is 2.43. The summed E-state index contributed by atoms with van der Waals surface area (Å²) < 4.78 is 26.3. The number of para-hydroxylation sites is 1. The highest BCUT2D eigenvalue weighted by atomic mass is 31.2. The van der Waals surface area contributed by atoms with Crippen LogP contribution in [0.4, 0.5) is 5.69 Å². The smallest absolute Gasteiger partial charge is 0.360 e. The minimum absolute atomic E-state index is 0.0651. The van der Waals surface area contributed by atoms with Crippen LogP contribution in [0.5, 0.6) is 0 Å². The molecule has 0 saturated carbocycles. The van der Waals surface area contributed by atoms with Crippen LogP contribution in [0.1, 0.15) is 37.8 Å². The van der Waals surface area contributed by atoms with Gasteiger partial charge >= 0.3 is 13.6 Å². The van der Waals surface area contributed by atoms with Gasteiger partial charge in [0.1, 0.15) is 11.6 Å². The quantitative estimate of drug-likeness (QED) is 0.117. The maximum Gasteiger partial charge on any atom is 0.360 e. The SMILES string of the molecule is C=CCOP(=O)(OCC=C)C1=C(C)N(CC)C(C)(N(C)Cc2ccccc2)C(C(=O)O)C1c1ccccc1[N+](=O)[O-]. The lowest BCUT2D eigenvalue weighted by atomic mass is 9.72. The van der Waals surface area contributed by atoms with Crippen molar-refractivity contribution in [1.29, 1.82) is 0 Å². The average Bonchev–Trinajstić information content (AvgIpc) is 2.95. The van der Waals surface area contributed by atoms with E-state index in [0.717, 1.165) is 5.56 Å². The van der Waals surface area contributed by atoms with E-state index >= 15 is 0 Å². The number of nitrogens with zero attached hydrogens (tertiary/aromatic N) is 3. The predicted molar refractivity (Wildman–Crippen MR) is 158 cm³/mol. The van der Waals surface area contributed by atoms with Gasteiger partial charge in [-0.15, -0.1) is 13.2 Å². The van der Waals surface area contributed by atoms with Crippen LogP contribution in [0, 0.1) is 16.0 Å². The Bertz CT molecular complexity index is 1350. The van der Waals surface area contributed by atoms with Gasteiger partial charge in [-0.25, -0.2) is 0 Å². The van der Waals surface area contributed by atoms with Gasteiger partial charge in [0, 0.05) is 36.3 Å². The molecule has 1 heterocycles. The fraction of sp³-hybridized carbons (Fsp3) is 0.367. The number of carboxylic acids is 1. The summed E-state index contributed by atoms with van der Waals surface area (Å²) in [4.78, 5) is 28.9. The molecule has 0 bridgehead atoms. The predicted octanol–water partition coefficient (Wildman–Crippen LogP) is 6.39. The van der Waals surface area contributed by atoms with Gasteiger partial charge in [0.2, 0.25) is 0 Å².